The second kappa shape index (κ2) is 6.68. The lowest BCUT2D eigenvalue weighted by molar-refractivity contribution is 0.218. The van der Waals surface area contributed by atoms with Gasteiger partial charge in [-0.05, 0) is 30.5 Å². The molecule has 1 aliphatic heterocycles. The van der Waals surface area contributed by atoms with Crippen LogP contribution in [0.2, 0.25) is 0 Å². The van der Waals surface area contributed by atoms with Gasteiger partial charge in [0.25, 0.3) is 0 Å². The Hall–Kier alpha value is -2.67. The van der Waals surface area contributed by atoms with Crippen LogP contribution in [0.25, 0.3) is 16.8 Å². The number of carbonyl (C=O) groups is 1. The second-order valence-electron chi connectivity index (χ2n) is 6.09. The average molecular weight is 353 g/mol. The number of aryl methyl sites for hydroxylation is 1. The zero-order valence-corrected chi connectivity index (χ0v) is 14.8. The van der Waals surface area contributed by atoms with Gasteiger partial charge in [-0.3, -0.25) is 9.25 Å². The van der Waals surface area contributed by atoms with Crippen molar-refractivity contribution in [2.24, 2.45) is 12.0 Å². The number of urea groups is 1. The second-order valence-corrected chi connectivity index (χ2v) is 6.97. The number of hydrogen-bond donors (Lipinski definition) is 0. The molecule has 1 aliphatic rings. The first-order valence-corrected chi connectivity index (χ1v) is 9.18. The van der Waals surface area contributed by atoms with Crippen molar-refractivity contribution in [1.29, 1.82) is 0 Å². The normalized spacial score (nSPS) is 15.1. The van der Waals surface area contributed by atoms with Crippen LogP contribution in [0, 0.1) is 0 Å². The van der Waals surface area contributed by atoms with Crippen LogP contribution in [0.3, 0.4) is 0 Å². The van der Waals surface area contributed by atoms with E-state index in [4.69, 9.17) is 0 Å². The van der Waals surface area contributed by atoms with Gasteiger partial charge in [-0.25, -0.2) is 4.79 Å². The SMILES string of the molecule is Cn1cc(-c2ccc(-n3ccs/c3=N\C(=O)N3CCCC3)cc2)cn1. The van der Waals surface area contributed by atoms with E-state index in [0.29, 0.717) is 4.80 Å². The molecule has 1 saturated heterocycles. The van der Waals surface area contributed by atoms with Crippen molar-refractivity contribution in [1.82, 2.24) is 19.2 Å². The van der Waals surface area contributed by atoms with Crippen LogP contribution in [-0.2, 0) is 7.05 Å². The highest BCUT2D eigenvalue weighted by Gasteiger charge is 2.17. The van der Waals surface area contributed by atoms with Gasteiger partial charge < -0.3 is 4.90 Å². The molecule has 2 amide bonds. The van der Waals surface area contributed by atoms with Crippen LogP contribution in [0.5, 0.6) is 0 Å². The molecule has 0 bridgehead atoms. The summed E-state index contributed by atoms with van der Waals surface area (Å²) in [5.41, 5.74) is 3.18. The first-order chi connectivity index (χ1) is 12.2. The number of likely N-dealkylation sites (tertiary alicyclic amines) is 1. The van der Waals surface area contributed by atoms with E-state index in [1.807, 2.05) is 52.6 Å². The van der Waals surface area contributed by atoms with Crippen molar-refractivity contribution in [3.63, 3.8) is 0 Å². The van der Waals surface area contributed by atoms with Crippen LogP contribution in [-0.4, -0.2) is 38.4 Å². The molecule has 1 fully saturated rings. The largest absolute Gasteiger partial charge is 0.346 e. The first-order valence-electron chi connectivity index (χ1n) is 8.30. The zero-order valence-electron chi connectivity index (χ0n) is 14.0. The summed E-state index contributed by atoms with van der Waals surface area (Å²) in [7, 11) is 1.91. The monoisotopic (exact) mass is 353 g/mol. The summed E-state index contributed by atoms with van der Waals surface area (Å²) in [4.78, 5) is 19.1. The Morgan fingerprint density at radius 3 is 2.60 bits per heavy atom. The molecule has 128 valence electrons. The molecule has 7 heteroatoms. The number of rotatable bonds is 2. The van der Waals surface area contributed by atoms with E-state index in [2.05, 4.69) is 22.2 Å². The van der Waals surface area contributed by atoms with Crippen LogP contribution in [0.4, 0.5) is 4.79 Å². The molecule has 2 aromatic heterocycles. The fraction of sp³-hybridized carbons (Fsp3) is 0.278. The number of benzene rings is 1. The van der Waals surface area contributed by atoms with Gasteiger partial charge in [-0.2, -0.15) is 10.1 Å². The van der Waals surface area contributed by atoms with Gasteiger partial charge in [0.05, 0.1) is 6.20 Å². The lowest BCUT2D eigenvalue weighted by atomic mass is 10.1. The summed E-state index contributed by atoms with van der Waals surface area (Å²) in [6.45, 7) is 1.63. The molecular formula is C18H19N5OS. The van der Waals surface area contributed by atoms with Crippen molar-refractivity contribution in [3.05, 3.63) is 53.0 Å². The van der Waals surface area contributed by atoms with Gasteiger partial charge in [-0.15, -0.1) is 11.3 Å². The smallest absolute Gasteiger partial charge is 0.323 e. The lowest BCUT2D eigenvalue weighted by Crippen LogP contribution is -2.27. The average Bonchev–Trinajstić information content (AvgIpc) is 3.36. The van der Waals surface area contributed by atoms with Crippen molar-refractivity contribution < 1.29 is 4.79 Å². The van der Waals surface area contributed by atoms with Crippen LogP contribution < -0.4 is 4.80 Å². The fourth-order valence-electron chi connectivity index (χ4n) is 3.00. The number of amides is 2. The Labute approximate surface area is 149 Å². The maximum absolute atomic E-state index is 12.3. The van der Waals surface area contributed by atoms with E-state index in [0.717, 1.165) is 42.7 Å². The molecule has 0 saturated carbocycles. The molecule has 25 heavy (non-hydrogen) atoms. The van der Waals surface area contributed by atoms with E-state index in [-0.39, 0.29) is 6.03 Å². The van der Waals surface area contributed by atoms with Crippen LogP contribution >= 0.6 is 11.3 Å². The standard InChI is InChI=1S/C18H19N5OS/c1-21-13-15(12-19-21)14-4-6-16(7-5-14)23-10-11-25-18(23)20-17(24)22-8-2-3-9-22/h4-7,10-13H,2-3,8-9H2,1H3/b20-18-. The molecule has 3 aromatic rings. The maximum Gasteiger partial charge on any atom is 0.346 e. The predicted molar refractivity (Wildman–Crippen MR) is 97.6 cm³/mol. The quantitative estimate of drug-likeness (QED) is 0.711. The maximum atomic E-state index is 12.3. The molecule has 0 N–H and O–H groups in total. The minimum absolute atomic E-state index is 0.138. The lowest BCUT2D eigenvalue weighted by Gasteiger charge is -2.10. The summed E-state index contributed by atoms with van der Waals surface area (Å²) < 4.78 is 3.74. The molecule has 0 radical (unpaired) electrons. The van der Waals surface area contributed by atoms with Crippen molar-refractivity contribution in [2.45, 2.75) is 12.8 Å². The Morgan fingerprint density at radius 1 is 1.16 bits per heavy atom. The highest BCUT2D eigenvalue weighted by molar-refractivity contribution is 7.07. The number of carbonyl (C=O) groups excluding carboxylic acids is 1. The number of thiazole rings is 1. The third-order valence-corrected chi connectivity index (χ3v) is 5.10. The van der Waals surface area contributed by atoms with E-state index in [1.54, 1.807) is 4.68 Å². The van der Waals surface area contributed by atoms with E-state index in [9.17, 15) is 4.79 Å². The Kier molecular flexibility index (Phi) is 4.23. The molecule has 3 heterocycles. The van der Waals surface area contributed by atoms with Gasteiger partial charge in [0.1, 0.15) is 0 Å². The van der Waals surface area contributed by atoms with Gasteiger partial charge in [0.15, 0.2) is 4.80 Å². The molecular weight excluding hydrogens is 334 g/mol. The van der Waals surface area contributed by atoms with E-state index in [1.165, 1.54) is 11.3 Å². The molecule has 0 atom stereocenters. The number of nitrogens with zero attached hydrogens (tertiary/aromatic N) is 5. The van der Waals surface area contributed by atoms with Crippen molar-refractivity contribution in [2.75, 3.05) is 13.1 Å². The van der Waals surface area contributed by atoms with Gasteiger partial charge in [-0.1, -0.05) is 12.1 Å². The number of hydrogen-bond acceptors (Lipinski definition) is 3. The fourth-order valence-corrected chi connectivity index (χ4v) is 3.71. The van der Waals surface area contributed by atoms with Crippen LogP contribution in [0.1, 0.15) is 12.8 Å². The summed E-state index contributed by atoms with van der Waals surface area (Å²) in [6, 6.07) is 8.05. The number of aromatic nitrogens is 3. The third kappa shape index (κ3) is 3.28. The molecule has 0 spiro atoms. The Morgan fingerprint density at radius 2 is 1.92 bits per heavy atom. The molecule has 0 unspecified atom stereocenters. The molecule has 4 rings (SSSR count). The Balaban J connectivity index is 1.62. The molecule has 6 nitrogen and oxygen atoms in total. The molecule has 0 aliphatic carbocycles. The zero-order chi connectivity index (χ0) is 17.2. The summed E-state index contributed by atoms with van der Waals surface area (Å²) in [5, 5.41) is 6.16. The summed E-state index contributed by atoms with van der Waals surface area (Å²) in [6.07, 6.45) is 7.92. The topological polar surface area (TPSA) is 55.4 Å². The molecule has 1 aromatic carbocycles. The minimum Gasteiger partial charge on any atom is -0.323 e. The van der Waals surface area contributed by atoms with Crippen molar-refractivity contribution >= 4 is 17.4 Å². The highest BCUT2D eigenvalue weighted by Crippen LogP contribution is 2.20. The van der Waals surface area contributed by atoms with Crippen molar-refractivity contribution in [3.8, 4) is 16.8 Å². The predicted octanol–water partition coefficient (Wildman–Crippen LogP) is 3.06. The van der Waals surface area contributed by atoms with E-state index < -0.39 is 0 Å². The highest BCUT2D eigenvalue weighted by atomic mass is 32.1. The van der Waals surface area contributed by atoms with Gasteiger partial charge >= 0.3 is 6.03 Å². The third-order valence-electron chi connectivity index (χ3n) is 4.34. The minimum atomic E-state index is -0.138. The summed E-state index contributed by atoms with van der Waals surface area (Å²) in [5.74, 6) is 0. The summed E-state index contributed by atoms with van der Waals surface area (Å²) >= 11 is 1.47. The van der Waals surface area contributed by atoms with Crippen LogP contribution in [0.15, 0.2) is 53.2 Å². The first kappa shape index (κ1) is 15.8. The Bertz CT molecular complexity index is 944. The van der Waals surface area contributed by atoms with Gasteiger partial charge in [0, 0.05) is 49.2 Å². The van der Waals surface area contributed by atoms with E-state index >= 15 is 0 Å². The van der Waals surface area contributed by atoms with Gasteiger partial charge in [0.2, 0.25) is 0 Å².